The minimum absolute atomic E-state index is 0.0703. The molecule has 1 unspecified atom stereocenters. The van der Waals surface area contributed by atoms with Crippen molar-refractivity contribution >= 4 is 11.8 Å². The van der Waals surface area contributed by atoms with E-state index in [1.165, 1.54) is 6.08 Å². The minimum atomic E-state index is -0.816. The normalized spacial score (nSPS) is 19.5. The summed E-state index contributed by atoms with van der Waals surface area (Å²) >= 11 is 0. The van der Waals surface area contributed by atoms with Crippen LogP contribution in [0.25, 0.3) is 0 Å². The number of rotatable bonds is 3. The maximum absolute atomic E-state index is 11.0. The molecule has 1 aliphatic carbocycles. The van der Waals surface area contributed by atoms with Crippen LogP contribution in [0.5, 0.6) is 0 Å². The first-order valence-electron chi connectivity index (χ1n) is 4.61. The van der Waals surface area contributed by atoms with E-state index in [-0.39, 0.29) is 5.78 Å². The number of hydrogen-bond acceptors (Lipinski definition) is 2. The number of carboxylic acid groups (broad SMARTS) is 1. The number of aliphatic carboxylic acids is 1. The molecule has 0 bridgehead atoms. The Morgan fingerprint density at radius 2 is 2.31 bits per heavy atom. The van der Waals surface area contributed by atoms with E-state index in [4.69, 9.17) is 5.11 Å². The first-order valence-corrected chi connectivity index (χ1v) is 4.61. The fourth-order valence-electron chi connectivity index (χ4n) is 1.69. The van der Waals surface area contributed by atoms with Crippen molar-refractivity contribution in [2.24, 2.45) is 5.92 Å². The highest BCUT2D eigenvalue weighted by Crippen LogP contribution is 2.25. The fraction of sp³-hybridized carbons (Fsp3) is 0.600. The zero-order valence-electron chi connectivity index (χ0n) is 7.75. The molecular weight excluding hydrogens is 168 g/mol. The second kappa shape index (κ2) is 4.21. The van der Waals surface area contributed by atoms with Crippen molar-refractivity contribution in [3.8, 4) is 0 Å². The van der Waals surface area contributed by atoms with E-state index in [0.717, 1.165) is 18.4 Å². The summed E-state index contributed by atoms with van der Waals surface area (Å²) in [6.07, 6.45) is 4.21. The SMILES string of the molecule is CCC(C(=O)O)C1=CC(=O)CCC1. The molecule has 1 rings (SSSR count). The molecule has 0 aromatic rings. The molecule has 72 valence electrons. The standard InChI is InChI=1S/C10H14O3/c1-2-9(10(12)13)7-4-3-5-8(11)6-7/h6,9H,2-5H2,1H3,(H,12,13). The summed E-state index contributed by atoms with van der Waals surface area (Å²) in [5, 5.41) is 8.86. The molecule has 0 aromatic carbocycles. The molecule has 3 nitrogen and oxygen atoms in total. The van der Waals surface area contributed by atoms with Gasteiger partial charge in [0.2, 0.25) is 0 Å². The Labute approximate surface area is 77.4 Å². The van der Waals surface area contributed by atoms with Crippen LogP contribution in [0.1, 0.15) is 32.6 Å². The van der Waals surface area contributed by atoms with Gasteiger partial charge >= 0.3 is 5.97 Å². The lowest BCUT2D eigenvalue weighted by Crippen LogP contribution is -2.18. The zero-order chi connectivity index (χ0) is 9.84. The molecule has 0 aromatic heterocycles. The smallest absolute Gasteiger partial charge is 0.310 e. The van der Waals surface area contributed by atoms with Crippen LogP contribution in [0.15, 0.2) is 11.6 Å². The van der Waals surface area contributed by atoms with Crippen molar-refractivity contribution in [1.29, 1.82) is 0 Å². The Bertz CT molecular complexity index is 253. The average Bonchev–Trinajstić information content (AvgIpc) is 2.04. The summed E-state index contributed by atoms with van der Waals surface area (Å²) in [5.74, 6) is -1.20. The monoisotopic (exact) mass is 182 g/mol. The third kappa shape index (κ3) is 2.41. The first-order chi connectivity index (χ1) is 6.15. The van der Waals surface area contributed by atoms with Gasteiger partial charge in [-0.3, -0.25) is 9.59 Å². The van der Waals surface area contributed by atoms with Gasteiger partial charge in [0.05, 0.1) is 5.92 Å². The predicted molar refractivity (Wildman–Crippen MR) is 48.4 cm³/mol. The van der Waals surface area contributed by atoms with Crippen LogP contribution < -0.4 is 0 Å². The lowest BCUT2D eigenvalue weighted by Gasteiger charge is -2.17. The van der Waals surface area contributed by atoms with Crippen LogP contribution >= 0.6 is 0 Å². The molecule has 0 aliphatic heterocycles. The molecule has 0 spiro atoms. The molecule has 3 heteroatoms. The van der Waals surface area contributed by atoms with E-state index in [1.54, 1.807) is 0 Å². The van der Waals surface area contributed by atoms with E-state index in [1.807, 2.05) is 6.92 Å². The van der Waals surface area contributed by atoms with E-state index in [9.17, 15) is 9.59 Å². The maximum Gasteiger partial charge on any atom is 0.310 e. The van der Waals surface area contributed by atoms with Crippen molar-refractivity contribution in [2.75, 3.05) is 0 Å². The number of carboxylic acids is 1. The van der Waals surface area contributed by atoms with Crippen molar-refractivity contribution < 1.29 is 14.7 Å². The average molecular weight is 182 g/mol. The van der Waals surface area contributed by atoms with E-state index >= 15 is 0 Å². The van der Waals surface area contributed by atoms with Gasteiger partial charge in [-0.25, -0.2) is 0 Å². The van der Waals surface area contributed by atoms with Crippen molar-refractivity contribution in [1.82, 2.24) is 0 Å². The molecular formula is C10H14O3. The minimum Gasteiger partial charge on any atom is -0.481 e. The van der Waals surface area contributed by atoms with Gasteiger partial charge in [-0.15, -0.1) is 0 Å². The second-order valence-corrected chi connectivity index (χ2v) is 3.34. The largest absolute Gasteiger partial charge is 0.481 e. The van der Waals surface area contributed by atoms with Crippen molar-refractivity contribution in [3.05, 3.63) is 11.6 Å². The number of hydrogen-bond donors (Lipinski definition) is 1. The van der Waals surface area contributed by atoms with Gasteiger partial charge in [-0.2, -0.15) is 0 Å². The summed E-state index contributed by atoms with van der Waals surface area (Å²) in [7, 11) is 0. The van der Waals surface area contributed by atoms with Crippen LogP contribution in [-0.2, 0) is 9.59 Å². The van der Waals surface area contributed by atoms with Crippen LogP contribution in [0.2, 0.25) is 0 Å². The number of ketones is 1. The molecule has 1 aliphatic rings. The third-order valence-electron chi connectivity index (χ3n) is 2.39. The van der Waals surface area contributed by atoms with Crippen molar-refractivity contribution in [3.63, 3.8) is 0 Å². The summed E-state index contributed by atoms with van der Waals surface area (Å²) in [6.45, 7) is 1.83. The van der Waals surface area contributed by atoms with E-state index < -0.39 is 11.9 Å². The summed E-state index contributed by atoms with van der Waals surface area (Å²) in [6, 6.07) is 0. The molecule has 0 heterocycles. The second-order valence-electron chi connectivity index (χ2n) is 3.34. The summed E-state index contributed by atoms with van der Waals surface area (Å²) in [4.78, 5) is 21.8. The van der Waals surface area contributed by atoms with Crippen LogP contribution in [0, 0.1) is 5.92 Å². The predicted octanol–water partition coefficient (Wildman–Crippen LogP) is 1.78. The lowest BCUT2D eigenvalue weighted by atomic mass is 9.87. The molecule has 0 amide bonds. The van der Waals surface area contributed by atoms with E-state index in [0.29, 0.717) is 12.8 Å². The Balaban J connectivity index is 2.78. The highest BCUT2D eigenvalue weighted by molar-refractivity contribution is 5.92. The van der Waals surface area contributed by atoms with Crippen LogP contribution in [-0.4, -0.2) is 16.9 Å². The number of carbonyl (C=O) groups excluding carboxylic acids is 1. The molecule has 1 atom stereocenters. The van der Waals surface area contributed by atoms with Crippen LogP contribution in [0.4, 0.5) is 0 Å². The molecule has 1 N–H and O–H groups in total. The van der Waals surface area contributed by atoms with Gasteiger partial charge < -0.3 is 5.11 Å². The molecule has 0 fully saturated rings. The Kier molecular flexibility index (Phi) is 3.23. The van der Waals surface area contributed by atoms with Gasteiger partial charge in [-0.05, 0) is 25.3 Å². The summed E-state index contributed by atoms with van der Waals surface area (Å²) < 4.78 is 0. The summed E-state index contributed by atoms with van der Waals surface area (Å²) in [5.41, 5.74) is 0.797. The van der Waals surface area contributed by atoms with Crippen LogP contribution in [0.3, 0.4) is 0 Å². The highest BCUT2D eigenvalue weighted by atomic mass is 16.4. The van der Waals surface area contributed by atoms with Gasteiger partial charge in [0, 0.05) is 6.42 Å². The Morgan fingerprint density at radius 3 is 2.77 bits per heavy atom. The van der Waals surface area contributed by atoms with Gasteiger partial charge in [0.1, 0.15) is 0 Å². The zero-order valence-corrected chi connectivity index (χ0v) is 7.75. The highest BCUT2D eigenvalue weighted by Gasteiger charge is 2.22. The number of allylic oxidation sites excluding steroid dienone is 1. The van der Waals surface area contributed by atoms with Gasteiger partial charge in [0.15, 0.2) is 5.78 Å². The lowest BCUT2D eigenvalue weighted by molar-refractivity contribution is -0.140. The van der Waals surface area contributed by atoms with E-state index in [2.05, 4.69) is 0 Å². The quantitative estimate of drug-likeness (QED) is 0.723. The molecule has 0 saturated carbocycles. The fourth-order valence-corrected chi connectivity index (χ4v) is 1.69. The maximum atomic E-state index is 11.0. The van der Waals surface area contributed by atoms with Crippen molar-refractivity contribution in [2.45, 2.75) is 32.6 Å². The molecule has 13 heavy (non-hydrogen) atoms. The topological polar surface area (TPSA) is 54.4 Å². The molecule has 0 saturated heterocycles. The van der Waals surface area contributed by atoms with Gasteiger partial charge in [-0.1, -0.05) is 12.5 Å². The molecule has 0 radical (unpaired) electrons. The Morgan fingerprint density at radius 1 is 1.62 bits per heavy atom. The first kappa shape index (κ1) is 9.96. The number of carbonyl (C=O) groups is 2. The Hall–Kier alpha value is -1.12. The van der Waals surface area contributed by atoms with Gasteiger partial charge in [0.25, 0.3) is 0 Å². The third-order valence-corrected chi connectivity index (χ3v) is 2.39.